The van der Waals surface area contributed by atoms with Crippen LogP contribution in [0.1, 0.15) is 88.8 Å². The zero-order valence-corrected chi connectivity index (χ0v) is 21.9. The zero-order chi connectivity index (χ0) is 23.0. The molecular formula is C26H40O4S2. The van der Waals surface area contributed by atoms with Gasteiger partial charge in [0, 0.05) is 10.8 Å². The third kappa shape index (κ3) is 8.70. The maximum absolute atomic E-state index is 6.13. The molecule has 0 aliphatic carbocycles. The lowest BCUT2D eigenvalue weighted by atomic mass is 10.3. The molecule has 0 radical (unpaired) electrons. The fourth-order valence-corrected chi connectivity index (χ4v) is 4.49. The maximum atomic E-state index is 6.13. The van der Waals surface area contributed by atoms with Crippen LogP contribution in [0.4, 0.5) is 0 Å². The van der Waals surface area contributed by atoms with E-state index in [1.165, 1.54) is 0 Å². The summed E-state index contributed by atoms with van der Waals surface area (Å²) in [4.78, 5) is 2.16. The number of rotatable bonds is 18. The highest BCUT2D eigenvalue weighted by Crippen LogP contribution is 2.42. The average Bonchev–Trinajstić information content (AvgIpc) is 3.37. The van der Waals surface area contributed by atoms with Crippen molar-refractivity contribution in [2.24, 2.45) is 0 Å². The van der Waals surface area contributed by atoms with Crippen LogP contribution in [-0.2, 0) is 0 Å². The summed E-state index contributed by atoms with van der Waals surface area (Å²) in [5.41, 5.74) is 0. The van der Waals surface area contributed by atoms with E-state index in [0.29, 0.717) is 13.2 Å². The highest BCUT2D eigenvalue weighted by molar-refractivity contribution is 7.12. The highest BCUT2D eigenvalue weighted by atomic mass is 32.1. The van der Waals surface area contributed by atoms with E-state index in [2.05, 4.69) is 50.6 Å². The summed E-state index contributed by atoms with van der Waals surface area (Å²) in [6, 6.07) is 0. The normalized spacial score (nSPS) is 11.2. The van der Waals surface area contributed by atoms with Crippen molar-refractivity contribution < 1.29 is 18.9 Å². The summed E-state index contributed by atoms with van der Waals surface area (Å²) in [6.45, 7) is 11.5. The van der Waals surface area contributed by atoms with E-state index >= 15 is 0 Å². The van der Waals surface area contributed by atoms with Crippen LogP contribution in [0.15, 0.2) is 10.8 Å². The predicted octanol–water partition coefficient (Wildman–Crippen LogP) is 8.70. The molecule has 0 fully saturated rings. The van der Waals surface area contributed by atoms with Gasteiger partial charge in [0.25, 0.3) is 0 Å². The van der Waals surface area contributed by atoms with Gasteiger partial charge < -0.3 is 18.9 Å². The first-order valence-electron chi connectivity index (χ1n) is 12.2. The van der Waals surface area contributed by atoms with Crippen molar-refractivity contribution in [3.05, 3.63) is 20.5 Å². The highest BCUT2D eigenvalue weighted by Gasteiger charge is 2.16. The van der Waals surface area contributed by atoms with Crippen molar-refractivity contribution in [1.29, 1.82) is 0 Å². The molecule has 0 spiro atoms. The van der Waals surface area contributed by atoms with Crippen LogP contribution in [0.5, 0.6) is 23.0 Å². The molecule has 0 aliphatic rings. The Labute approximate surface area is 202 Å². The maximum Gasteiger partial charge on any atom is 0.179 e. The lowest BCUT2D eigenvalue weighted by Gasteiger charge is -2.10. The molecule has 0 saturated carbocycles. The Balaban J connectivity index is 2.20. The van der Waals surface area contributed by atoms with Crippen LogP contribution in [-0.4, -0.2) is 26.4 Å². The Kier molecular flexibility index (Phi) is 13.3. The van der Waals surface area contributed by atoms with Gasteiger partial charge in [-0.2, -0.15) is 0 Å². The summed E-state index contributed by atoms with van der Waals surface area (Å²) in [7, 11) is 0. The topological polar surface area (TPSA) is 36.9 Å². The van der Waals surface area contributed by atoms with E-state index < -0.39 is 0 Å². The van der Waals surface area contributed by atoms with Crippen molar-refractivity contribution in [3.63, 3.8) is 0 Å². The molecule has 0 unspecified atom stereocenters. The summed E-state index contributed by atoms with van der Waals surface area (Å²) >= 11 is 3.32. The molecule has 6 heteroatoms. The molecular weight excluding hydrogens is 440 g/mol. The molecule has 0 amide bonds. The van der Waals surface area contributed by atoms with Gasteiger partial charge in [-0.15, -0.1) is 22.7 Å². The number of thiophene rings is 2. The quantitative estimate of drug-likeness (QED) is 0.200. The predicted molar refractivity (Wildman–Crippen MR) is 139 cm³/mol. The van der Waals surface area contributed by atoms with E-state index in [0.717, 1.165) is 97.3 Å². The van der Waals surface area contributed by atoms with Gasteiger partial charge in [-0.25, -0.2) is 0 Å². The average molecular weight is 481 g/mol. The molecule has 2 aromatic rings. The minimum absolute atomic E-state index is 0.706. The van der Waals surface area contributed by atoms with Gasteiger partial charge in [-0.3, -0.25) is 0 Å². The van der Waals surface area contributed by atoms with Crippen LogP contribution < -0.4 is 18.9 Å². The summed E-state index contributed by atoms with van der Waals surface area (Å²) in [5.74, 6) is 3.43. The van der Waals surface area contributed by atoms with Gasteiger partial charge >= 0.3 is 0 Å². The molecule has 180 valence electrons. The van der Waals surface area contributed by atoms with Gasteiger partial charge in [0.2, 0.25) is 0 Å². The Bertz CT molecular complexity index is 715. The van der Waals surface area contributed by atoms with E-state index in [9.17, 15) is 0 Å². The monoisotopic (exact) mass is 480 g/mol. The molecule has 2 heterocycles. The Morgan fingerprint density at radius 3 is 1.25 bits per heavy atom. The largest absolute Gasteiger partial charge is 0.489 e. The first kappa shape index (κ1) is 26.6. The van der Waals surface area contributed by atoms with Gasteiger partial charge in [0.1, 0.15) is 0 Å². The minimum Gasteiger partial charge on any atom is -0.489 e. The molecule has 0 bridgehead atoms. The zero-order valence-electron chi connectivity index (χ0n) is 20.2. The molecule has 0 N–H and O–H groups in total. The lowest BCUT2D eigenvalue weighted by molar-refractivity contribution is 0.263. The molecule has 0 aliphatic heterocycles. The Morgan fingerprint density at radius 1 is 0.562 bits per heavy atom. The Morgan fingerprint density at radius 2 is 0.906 bits per heavy atom. The SMILES string of the molecule is CCCCOc1csc(C=Cc2scc(OCCCC)c2OCCCC)c1OCCCC. The second-order valence-electron chi connectivity index (χ2n) is 7.73. The van der Waals surface area contributed by atoms with E-state index in [-0.39, 0.29) is 0 Å². The molecule has 0 saturated heterocycles. The minimum atomic E-state index is 0.706. The van der Waals surface area contributed by atoms with Gasteiger partial charge in [-0.05, 0) is 37.8 Å². The fourth-order valence-electron chi connectivity index (χ4n) is 2.85. The lowest BCUT2D eigenvalue weighted by Crippen LogP contribution is -2.01. The van der Waals surface area contributed by atoms with Crippen LogP contribution in [0.25, 0.3) is 12.2 Å². The van der Waals surface area contributed by atoms with Crippen molar-refractivity contribution >= 4 is 34.8 Å². The number of hydrogen-bond donors (Lipinski definition) is 0. The van der Waals surface area contributed by atoms with E-state index in [1.54, 1.807) is 22.7 Å². The molecule has 4 nitrogen and oxygen atoms in total. The summed E-state index contributed by atoms with van der Waals surface area (Å²) < 4.78 is 24.3. The summed E-state index contributed by atoms with van der Waals surface area (Å²) in [5, 5.41) is 4.12. The van der Waals surface area contributed by atoms with Crippen molar-refractivity contribution in [2.75, 3.05) is 26.4 Å². The van der Waals surface area contributed by atoms with E-state index in [1.807, 2.05) is 0 Å². The Hall–Kier alpha value is -1.66. The van der Waals surface area contributed by atoms with Crippen LogP contribution >= 0.6 is 22.7 Å². The third-order valence-corrected chi connectivity index (χ3v) is 6.68. The smallest absolute Gasteiger partial charge is 0.179 e. The molecule has 0 aromatic carbocycles. The molecule has 2 rings (SSSR count). The van der Waals surface area contributed by atoms with Crippen molar-refractivity contribution in [3.8, 4) is 23.0 Å². The first-order valence-corrected chi connectivity index (χ1v) is 13.9. The third-order valence-electron chi connectivity index (χ3n) is 4.87. The van der Waals surface area contributed by atoms with Crippen molar-refractivity contribution in [1.82, 2.24) is 0 Å². The van der Waals surface area contributed by atoms with Gasteiger partial charge in [-0.1, -0.05) is 53.4 Å². The summed E-state index contributed by atoms with van der Waals surface area (Å²) in [6.07, 6.45) is 12.8. The first-order chi connectivity index (χ1) is 15.7. The van der Waals surface area contributed by atoms with Crippen LogP contribution in [0, 0.1) is 0 Å². The standard InChI is InChI=1S/C26H40O4S2/c1-5-9-15-27-21-19-31-23(25(21)29-17-11-7-3)13-14-24-26(30-18-12-8-4)22(20-32-24)28-16-10-6-2/h13-14,19-20H,5-12,15-18H2,1-4H3. The number of ether oxygens (including phenoxy) is 4. The number of hydrogen-bond acceptors (Lipinski definition) is 6. The molecule has 32 heavy (non-hydrogen) atoms. The molecule has 2 aromatic heterocycles. The second kappa shape index (κ2) is 16.0. The fraction of sp³-hybridized carbons (Fsp3) is 0.615. The molecule has 0 atom stereocenters. The van der Waals surface area contributed by atoms with Gasteiger partial charge in [0.05, 0.1) is 36.2 Å². The van der Waals surface area contributed by atoms with Gasteiger partial charge in [0.15, 0.2) is 23.0 Å². The van der Waals surface area contributed by atoms with Crippen molar-refractivity contribution in [2.45, 2.75) is 79.1 Å². The van der Waals surface area contributed by atoms with E-state index in [4.69, 9.17) is 18.9 Å². The van der Waals surface area contributed by atoms with Crippen LogP contribution in [0.2, 0.25) is 0 Å². The number of unbranched alkanes of at least 4 members (excludes halogenated alkanes) is 4. The van der Waals surface area contributed by atoms with Crippen LogP contribution in [0.3, 0.4) is 0 Å². The second-order valence-corrected chi connectivity index (χ2v) is 9.55.